The first-order valence-electron chi connectivity index (χ1n) is 9.28. The Balaban J connectivity index is 1.87. The molecule has 0 bridgehead atoms. The average Bonchev–Trinajstić information content (AvgIpc) is 2.53. The molecule has 0 aromatic carbocycles. The van der Waals surface area contributed by atoms with E-state index in [-0.39, 0.29) is 23.6 Å². The van der Waals surface area contributed by atoms with Crippen LogP contribution >= 0.6 is 0 Å². The number of ether oxygens (including phenoxy) is 1. The third-order valence-corrected chi connectivity index (χ3v) is 6.18. The predicted octanol–water partition coefficient (Wildman–Crippen LogP) is 4.83. The van der Waals surface area contributed by atoms with Gasteiger partial charge in [-0.25, -0.2) is 9.78 Å². The van der Waals surface area contributed by atoms with Crippen LogP contribution in [0.25, 0.3) is 0 Å². The van der Waals surface area contributed by atoms with Gasteiger partial charge in [0.25, 0.3) is 0 Å². The molecule has 138 valence electrons. The number of carbonyl (C=O) groups is 1. The van der Waals surface area contributed by atoms with Gasteiger partial charge in [0, 0.05) is 0 Å². The van der Waals surface area contributed by atoms with Crippen molar-refractivity contribution in [1.29, 1.82) is 0 Å². The van der Waals surface area contributed by atoms with Gasteiger partial charge in [-0.2, -0.15) is 0 Å². The highest BCUT2D eigenvalue weighted by atomic mass is 17.2. The Morgan fingerprint density at radius 2 is 2.08 bits per heavy atom. The molecule has 1 heterocycles. The van der Waals surface area contributed by atoms with Crippen LogP contribution in [0.5, 0.6) is 0 Å². The molecule has 0 aromatic heterocycles. The number of hydrogen-bond donors (Lipinski definition) is 0. The van der Waals surface area contributed by atoms with Crippen LogP contribution in [0.4, 0.5) is 0 Å². The SMILES string of the molecule is C=C1CCCC(C)(C)C1CC[C@@]1(C)CC[C@@H]([C@H](C)C(=O)OC)OO1. The van der Waals surface area contributed by atoms with E-state index in [9.17, 15) is 4.79 Å². The molecular formula is C20H34O4. The van der Waals surface area contributed by atoms with Crippen molar-refractivity contribution in [2.45, 2.75) is 84.3 Å². The summed E-state index contributed by atoms with van der Waals surface area (Å²) in [6.45, 7) is 13.0. The molecule has 0 amide bonds. The van der Waals surface area contributed by atoms with E-state index in [1.807, 2.05) is 6.92 Å². The van der Waals surface area contributed by atoms with Gasteiger partial charge in [0.2, 0.25) is 0 Å². The molecule has 0 N–H and O–H groups in total. The van der Waals surface area contributed by atoms with Gasteiger partial charge in [-0.05, 0) is 70.1 Å². The second kappa shape index (κ2) is 7.57. The largest absolute Gasteiger partial charge is 0.469 e. The van der Waals surface area contributed by atoms with Gasteiger partial charge >= 0.3 is 5.97 Å². The molecule has 4 atom stereocenters. The minimum atomic E-state index is -0.295. The number of allylic oxidation sites excluding steroid dienone is 1. The normalized spacial score (nSPS) is 34.6. The van der Waals surface area contributed by atoms with Crippen molar-refractivity contribution >= 4 is 5.97 Å². The first-order valence-corrected chi connectivity index (χ1v) is 9.28. The zero-order chi connectivity index (χ0) is 18.0. The van der Waals surface area contributed by atoms with Crippen molar-refractivity contribution in [2.24, 2.45) is 17.3 Å². The Bertz CT molecular complexity index is 460. The van der Waals surface area contributed by atoms with Gasteiger partial charge < -0.3 is 4.74 Å². The molecule has 4 heteroatoms. The molecule has 0 aromatic rings. The van der Waals surface area contributed by atoms with E-state index in [2.05, 4.69) is 27.4 Å². The summed E-state index contributed by atoms with van der Waals surface area (Å²) >= 11 is 0. The molecule has 1 saturated heterocycles. The molecule has 1 saturated carbocycles. The van der Waals surface area contributed by atoms with Gasteiger partial charge in [0.1, 0.15) is 11.7 Å². The highest BCUT2D eigenvalue weighted by molar-refractivity contribution is 5.72. The van der Waals surface area contributed by atoms with Crippen LogP contribution in [0.1, 0.15) is 72.6 Å². The van der Waals surface area contributed by atoms with E-state index in [4.69, 9.17) is 14.5 Å². The summed E-state index contributed by atoms with van der Waals surface area (Å²) in [4.78, 5) is 23.0. The number of hydrogen-bond acceptors (Lipinski definition) is 4. The lowest BCUT2D eigenvalue weighted by atomic mass is 9.64. The van der Waals surface area contributed by atoms with E-state index >= 15 is 0 Å². The Labute approximate surface area is 146 Å². The van der Waals surface area contributed by atoms with Crippen molar-refractivity contribution in [3.63, 3.8) is 0 Å². The highest BCUT2D eigenvalue weighted by Crippen LogP contribution is 2.47. The first kappa shape index (κ1) is 19.5. The van der Waals surface area contributed by atoms with Crippen LogP contribution in [-0.2, 0) is 19.3 Å². The van der Waals surface area contributed by atoms with Crippen LogP contribution < -0.4 is 0 Å². The number of methoxy groups -OCH3 is 1. The van der Waals surface area contributed by atoms with Crippen molar-refractivity contribution in [3.8, 4) is 0 Å². The Morgan fingerprint density at radius 1 is 1.38 bits per heavy atom. The Kier molecular flexibility index (Phi) is 6.14. The van der Waals surface area contributed by atoms with Crippen LogP contribution in [0, 0.1) is 17.3 Å². The molecule has 1 aliphatic heterocycles. The molecule has 24 heavy (non-hydrogen) atoms. The Hall–Kier alpha value is -0.870. The van der Waals surface area contributed by atoms with Crippen molar-refractivity contribution in [2.75, 3.05) is 7.11 Å². The van der Waals surface area contributed by atoms with E-state index in [0.717, 1.165) is 32.1 Å². The summed E-state index contributed by atoms with van der Waals surface area (Å²) in [6, 6.07) is 0. The lowest BCUT2D eigenvalue weighted by Gasteiger charge is -2.43. The zero-order valence-electron chi connectivity index (χ0n) is 16.0. The molecule has 1 aliphatic carbocycles. The fourth-order valence-electron chi connectivity index (χ4n) is 4.27. The molecular weight excluding hydrogens is 304 g/mol. The molecule has 2 aliphatic rings. The standard InChI is InChI=1S/C20H34O4/c1-14-8-7-11-19(3,4)16(14)9-12-20(5)13-10-17(23-24-20)15(2)18(21)22-6/h15-17H,1,7-13H2,2-6H3/t15-,16?,17-,20-/m0/s1. The van der Waals surface area contributed by atoms with Crippen LogP contribution in [0.15, 0.2) is 12.2 Å². The predicted molar refractivity (Wildman–Crippen MR) is 94.3 cm³/mol. The molecule has 1 unspecified atom stereocenters. The lowest BCUT2D eigenvalue weighted by Crippen LogP contribution is -2.42. The van der Waals surface area contributed by atoms with E-state index < -0.39 is 0 Å². The van der Waals surface area contributed by atoms with E-state index in [1.165, 1.54) is 25.5 Å². The van der Waals surface area contributed by atoms with Gasteiger partial charge in [0.15, 0.2) is 0 Å². The topological polar surface area (TPSA) is 44.8 Å². The van der Waals surface area contributed by atoms with Gasteiger partial charge in [-0.3, -0.25) is 4.79 Å². The second-order valence-corrected chi connectivity index (χ2v) is 8.61. The van der Waals surface area contributed by atoms with Gasteiger partial charge in [-0.1, -0.05) is 26.0 Å². The average molecular weight is 338 g/mol. The third kappa shape index (κ3) is 4.40. The van der Waals surface area contributed by atoms with E-state index in [1.54, 1.807) is 0 Å². The highest BCUT2D eigenvalue weighted by Gasteiger charge is 2.40. The maximum absolute atomic E-state index is 11.6. The van der Waals surface area contributed by atoms with Crippen molar-refractivity contribution in [3.05, 3.63) is 12.2 Å². The summed E-state index contributed by atoms with van der Waals surface area (Å²) in [7, 11) is 1.41. The van der Waals surface area contributed by atoms with Crippen molar-refractivity contribution in [1.82, 2.24) is 0 Å². The smallest absolute Gasteiger partial charge is 0.311 e. The Morgan fingerprint density at radius 3 is 2.62 bits per heavy atom. The summed E-state index contributed by atoms with van der Waals surface area (Å²) in [5, 5.41) is 0. The van der Waals surface area contributed by atoms with Gasteiger partial charge in [-0.15, -0.1) is 0 Å². The fourth-order valence-corrected chi connectivity index (χ4v) is 4.27. The summed E-state index contributed by atoms with van der Waals surface area (Å²) < 4.78 is 4.79. The minimum absolute atomic E-state index is 0.216. The third-order valence-electron chi connectivity index (χ3n) is 6.18. The lowest BCUT2D eigenvalue weighted by molar-refractivity contribution is -0.411. The maximum atomic E-state index is 11.6. The van der Waals surface area contributed by atoms with E-state index in [0.29, 0.717) is 11.3 Å². The van der Waals surface area contributed by atoms with Gasteiger partial charge in [0.05, 0.1) is 13.0 Å². The summed E-state index contributed by atoms with van der Waals surface area (Å²) in [5.41, 5.74) is 1.44. The number of rotatable bonds is 5. The van der Waals surface area contributed by atoms with Crippen molar-refractivity contribution < 1.29 is 19.3 Å². The summed E-state index contributed by atoms with van der Waals surface area (Å²) in [6.07, 6.45) is 7.23. The molecule has 0 spiro atoms. The quantitative estimate of drug-likeness (QED) is 0.409. The zero-order valence-corrected chi connectivity index (χ0v) is 16.0. The monoisotopic (exact) mass is 338 g/mol. The second-order valence-electron chi connectivity index (χ2n) is 8.61. The first-order chi connectivity index (χ1) is 11.2. The number of carbonyl (C=O) groups excluding carboxylic acids is 1. The molecule has 0 radical (unpaired) electrons. The number of esters is 1. The minimum Gasteiger partial charge on any atom is -0.469 e. The molecule has 4 nitrogen and oxygen atoms in total. The van der Waals surface area contributed by atoms with Crippen LogP contribution in [-0.4, -0.2) is 24.8 Å². The molecule has 2 fully saturated rings. The fraction of sp³-hybridized carbons (Fsp3) is 0.850. The van der Waals surface area contributed by atoms with Crippen LogP contribution in [0.3, 0.4) is 0 Å². The van der Waals surface area contributed by atoms with Crippen LogP contribution in [0.2, 0.25) is 0 Å². The maximum Gasteiger partial charge on any atom is 0.311 e. The summed E-state index contributed by atoms with van der Waals surface area (Å²) in [5.74, 6) is 0.0162. The molecule has 2 rings (SSSR count).